The van der Waals surface area contributed by atoms with Gasteiger partial charge in [-0.3, -0.25) is 14.9 Å². The molecule has 2 spiro atoms. The Morgan fingerprint density at radius 1 is 0.923 bits per heavy atom. The van der Waals surface area contributed by atoms with Crippen molar-refractivity contribution in [3.05, 3.63) is 123 Å². The number of thiophene rings is 1. The normalized spacial score (nSPS) is 27.3. The standard InChI is InChI=1S/C32H24ClN3O2S/c33-19-12-13-23-21(17-19)20-14-15-31(29(37)28(20)34-23)26(25-11-6-16-39-25)27(18-7-2-1-3-8-18)36-32(31)22-9-4-5-10-24(22)35-30(32)38/h1-13,16-17,26-27,34,36H,14-15H2,(H,35,38)/t26-,27+,31+,32-/m0/s1. The number of para-hydroxylation sites is 1. The summed E-state index contributed by atoms with van der Waals surface area (Å²) in [4.78, 5) is 34.1. The van der Waals surface area contributed by atoms with Crippen molar-refractivity contribution in [2.75, 3.05) is 5.32 Å². The molecule has 3 aromatic carbocycles. The number of benzene rings is 3. The quantitative estimate of drug-likeness (QED) is 0.222. The van der Waals surface area contributed by atoms with Gasteiger partial charge in [0.15, 0.2) is 5.78 Å². The molecule has 7 heteroatoms. The molecule has 192 valence electrons. The molecule has 4 atom stereocenters. The summed E-state index contributed by atoms with van der Waals surface area (Å²) in [6, 6.07) is 27.6. The van der Waals surface area contributed by atoms with Gasteiger partial charge in [-0.15, -0.1) is 11.3 Å². The fourth-order valence-corrected chi connectivity index (χ4v) is 8.73. The predicted molar refractivity (Wildman–Crippen MR) is 155 cm³/mol. The van der Waals surface area contributed by atoms with E-state index in [0.717, 1.165) is 38.2 Å². The minimum Gasteiger partial charge on any atom is -0.352 e. The second-order valence-corrected chi connectivity index (χ2v) is 12.2. The number of rotatable bonds is 2. The zero-order valence-corrected chi connectivity index (χ0v) is 22.4. The van der Waals surface area contributed by atoms with Crippen molar-refractivity contribution in [3.8, 4) is 0 Å². The molecule has 1 saturated heterocycles. The molecule has 1 aliphatic carbocycles. The summed E-state index contributed by atoms with van der Waals surface area (Å²) in [7, 11) is 0. The van der Waals surface area contributed by atoms with E-state index in [-0.39, 0.29) is 23.7 Å². The number of amides is 1. The van der Waals surface area contributed by atoms with Gasteiger partial charge in [-0.05, 0) is 59.7 Å². The molecule has 1 fully saturated rings. The van der Waals surface area contributed by atoms with Gasteiger partial charge in [0.1, 0.15) is 5.54 Å². The number of anilines is 1. The number of carbonyl (C=O) groups excluding carboxylic acids is 2. The second kappa shape index (κ2) is 8.15. The molecule has 5 nitrogen and oxygen atoms in total. The number of Topliss-reactive ketones (excluding diaryl/α,β-unsaturated/α-hetero) is 1. The Bertz CT molecular complexity index is 1800. The van der Waals surface area contributed by atoms with Crippen molar-refractivity contribution >= 4 is 51.2 Å². The Kier molecular flexibility index (Phi) is 4.85. The number of ketones is 1. The molecule has 3 aliphatic rings. The lowest BCUT2D eigenvalue weighted by Crippen LogP contribution is -2.59. The Balaban J connectivity index is 1.45. The highest BCUT2D eigenvalue weighted by Gasteiger charge is 2.74. The molecule has 3 N–H and O–H groups in total. The van der Waals surface area contributed by atoms with Gasteiger partial charge >= 0.3 is 0 Å². The lowest BCUT2D eigenvalue weighted by atomic mass is 9.54. The smallest absolute Gasteiger partial charge is 0.250 e. The van der Waals surface area contributed by atoms with Crippen molar-refractivity contribution in [2.24, 2.45) is 5.41 Å². The first-order chi connectivity index (χ1) is 19.0. The summed E-state index contributed by atoms with van der Waals surface area (Å²) in [5.74, 6) is -0.445. The van der Waals surface area contributed by atoms with Crippen LogP contribution in [-0.2, 0) is 16.8 Å². The number of hydrogen-bond donors (Lipinski definition) is 3. The summed E-state index contributed by atoms with van der Waals surface area (Å²) in [5, 5.41) is 10.6. The summed E-state index contributed by atoms with van der Waals surface area (Å²) < 4.78 is 0. The van der Waals surface area contributed by atoms with E-state index < -0.39 is 11.0 Å². The molecular weight excluding hydrogens is 526 g/mol. The van der Waals surface area contributed by atoms with Crippen LogP contribution in [0.1, 0.15) is 50.4 Å². The molecule has 1 amide bonds. The van der Waals surface area contributed by atoms with Crippen LogP contribution in [-0.4, -0.2) is 16.7 Å². The van der Waals surface area contributed by atoms with Gasteiger partial charge in [-0.2, -0.15) is 0 Å². The average Bonchev–Trinajstić information content (AvgIpc) is 3.72. The molecule has 39 heavy (non-hydrogen) atoms. The number of nitrogens with one attached hydrogen (secondary N) is 3. The number of aromatic nitrogens is 1. The number of hydrogen-bond acceptors (Lipinski definition) is 4. The maximum atomic E-state index is 15.2. The number of H-pyrrole nitrogens is 1. The zero-order chi connectivity index (χ0) is 26.4. The minimum atomic E-state index is -1.23. The Labute approximate surface area is 234 Å². The van der Waals surface area contributed by atoms with E-state index in [4.69, 9.17) is 11.6 Å². The van der Waals surface area contributed by atoms with E-state index in [0.29, 0.717) is 23.6 Å². The summed E-state index contributed by atoms with van der Waals surface area (Å²) in [6.07, 6.45) is 1.18. The van der Waals surface area contributed by atoms with Crippen LogP contribution in [0.15, 0.2) is 90.3 Å². The van der Waals surface area contributed by atoms with Crippen molar-refractivity contribution < 1.29 is 9.59 Å². The topological polar surface area (TPSA) is 74.0 Å². The number of aromatic amines is 1. The lowest BCUT2D eigenvalue weighted by Gasteiger charge is -2.45. The molecule has 8 rings (SSSR count). The summed E-state index contributed by atoms with van der Waals surface area (Å²) >= 11 is 8.02. The van der Waals surface area contributed by atoms with Crippen LogP contribution < -0.4 is 10.6 Å². The van der Waals surface area contributed by atoms with Gasteiger partial charge in [-0.1, -0.05) is 66.2 Å². The monoisotopic (exact) mass is 549 g/mol. The van der Waals surface area contributed by atoms with Crippen molar-refractivity contribution in [2.45, 2.75) is 30.3 Å². The summed E-state index contributed by atoms with van der Waals surface area (Å²) in [5.41, 5.74) is 2.82. The SMILES string of the molecule is O=C1Nc2ccccc2[C@]12N[C@H](c1ccccc1)[C@H](c1cccs1)[C@@]21CCc2c([nH]c3ccc(Cl)cc23)C1=O. The fraction of sp³-hybridized carbons (Fsp3) is 0.188. The highest BCUT2D eigenvalue weighted by Crippen LogP contribution is 2.68. The minimum absolute atomic E-state index is 0.0211. The molecule has 0 radical (unpaired) electrons. The maximum absolute atomic E-state index is 15.2. The molecule has 4 heterocycles. The van der Waals surface area contributed by atoms with Gasteiger partial charge in [0.2, 0.25) is 5.91 Å². The Morgan fingerprint density at radius 2 is 1.74 bits per heavy atom. The van der Waals surface area contributed by atoms with Crippen molar-refractivity contribution in [3.63, 3.8) is 0 Å². The fourth-order valence-electron chi connectivity index (χ4n) is 7.61. The van der Waals surface area contributed by atoms with Gasteiger partial charge in [0.25, 0.3) is 0 Å². The van der Waals surface area contributed by atoms with Crippen molar-refractivity contribution in [1.29, 1.82) is 0 Å². The van der Waals surface area contributed by atoms with Crippen LogP contribution in [0.5, 0.6) is 0 Å². The number of halogens is 1. The van der Waals surface area contributed by atoms with E-state index in [2.05, 4.69) is 39.2 Å². The zero-order valence-electron chi connectivity index (χ0n) is 20.8. The third-order valence-electron chi connectivity index (χ3n) is 9.10. The van der Waals surface area contributed by atoms with Gasteiger partial charge in [0.05, 0.1) is 11.1 Å². The van der Waals surface area contributed by atoms with Gasteiger partial charge < -0.3 is 10.3 Å². The lowest BCUT2D eigenvalue weighted by molar-refractivity contribution is -0.125. The molecule has 2 aliphatic heterocycles. The van der Waals surface area contributed by atoms with E-state index >= 15 is 4.79 Å². The third-order valence-corrected chi connectivity index (χ3v) is 10.3. The van der Waals surface area contributed by atoms with Crippen LogP contribution in [0.2, 0.25) is 5.02 Å². The maximum Gasteiger partial charge on any atom is 0.250 e. The van der Waals surface area contributed by atoms with E-state index in [9.17, 15) is 4.79 Å². The molecule has 0 bridgehead atoms. The highest BCUT2D eigenvalue weighted by atomic mass is 35.5. The van der Waals surface area contributed by atoms with Gasteiger partial charge in [0, 0.05) is 44.0 Å². The first-order valence-electron chi connectivity index (χ1n) is 13.2. The largest absolute Gasteiger partial charge is 0.352 e. The molecule has 0 saturated carbocycles. The predicted octanol–water partition coefficient (Wildman–Crippen LogP) is 6.97. The first kappa shape index (κ1) is 23.2. The molecule has 5 aromatic rings. The van der Waals surface area contributed by atoms with Crippen LogP contribution in [0, 0.1) is 5.41 Å². The third kappa shape index (κ3) is 2.89. The van der Waals surface area contributed by atoms with Crippen molar-refractivity contribution in [1.82, 2.24) is 10.3 Å². The summed E-state index contributed by atoms with van der Waals surface area (Å²) in [6.45, 7) is 0. The number of carbonyl (C=O) groups is 2. The molecular formula is C32H24ClN3O2S. The Hall–Kier alpha value is -3.71. The highest BCUT2D eigenvalue weighted by molar-refractivity contribution is 7.10. The van der Waals surface area contributed by atoms with Crippen LogP contribution in [0.3, 0.4) is 0 Å². The van der Waals surface area contributed by atoms with E-state index in [1.807, 2.05) is 66.7 Å². The molecule has 0 unspecified atom stereocenters. The molecule has 2 aromatic heterocycles. The second-order valence-electron chi connectivity index (χ2n) is 10.7. The van der Waals surface area contributed by atoms with Gasteiger partial charge in [-0.25, -0.2) is 0 Å². The van der Waals surface area contributed by atoms with Crippen LogP contribution in [0.25, 0.3) is 10.9 Å². The van der Waals surface area contributed by atoms with E-state index in [1.54, 1.807) is 11.3 Å². The number of fused-ring (bicyclic) bond motifs is 6. The Morgan fingerprint density at radius 3 is 2.56 bits per heavy atom. The average molecular weight is 550 g/mol. The van der Waals surface area contributed by atoms with Crippen LogP contribution in [0.4, 0.5) is 5.69 Å². The first-order valence-corrected chi connectivity index (χ1v) is 14.4. The number of aryl methyl sites for hydroxylation is 1. The van der Waals surface area contributed by atoms with Crippen LogP contribution >= 0.6 is 22.9 Å². The van der Waals surface area contributed by atoms with E-state index in [1.165, 1.54) is 0 Å².